The summed E-state index contributed by atoms with van der Waals surface area (Å²) in [5.74, 6) is 2.51. The van der Waals surface area contributed by atoms with E-state index in [0.717, 1.165) is 38.0 Å². The fourth-order valence-electron chi connectivity index (χ4n) is 5.15. The van der Waals surface area contributed by atoms with Crippen LogP contribution in [-0.2, 0) is 0 Å². The maximum absolute atomic E-state index is 12.6. The van der Waals surface area contributed by atoms with Crippen molar-refractivity contribution >= 4 is 17.5 Å². The molecule has 3 atom stereocenters. The number of carbonyl (C=O) groups excluding carboxylic acids is 1. The first-order chi connectivity index (χ1) is 13.6. The highest BCUT2D eigenvalue weighted by Crippen LogP contribution is 2.62. The average molecular weight is 400 g/mol. The predicted molar refractivity (Wildman–Crippen MR) is 107 cm³/mol. The minimum atomic E-state index is 0.0000612. The van der Waals surface area contributed by atoms with Crippen LogP contribution >= 0.6 is 11.6 Å². The van der Waals surface area contributed by atoms with Crippen LogP contribution in [0.1, 0.15) is 54.2 Å². The van der Waals surface area contributed by atoms with Crippen molar-refractivity contribution in [1.82, 2.24) is 25.6 Å². The highest BCUT2D eigenvalue weighted by Gasteiger charge is 2.59. The van der Waals surface area contributed by atoms with Crippen molar-refractivity contribution < 1.29 is 4.79 Å². The zero-order valence-corrected chi connectivity index (χ0v) is 16.8. The van der Waals surface area contributed by atoms with Crippen molar-refractivity contribution in [2.24, 2.45) is 17.8 Å². The molecule has 1 aromatic heterocycles. The highest BCUT2D eigenvalue weighted by molar-refractivity contribution is 6.30. The Kier molecular flexibility index (Phi) is 4.63. The van der Waals surface area contributed by atoms with E-state index < -0.39 is 0 Å². The van der Waals surface area contributed by atoms with Gasteiger partial charge in [-0.2, -0.15) is 0 Å². The molecular formula is C21H26ClN5O. The van der Waals surface area contributed by atoms with Gasteiger partial charge in [0.1, 0.15) is 0 Å². The van der Waals surface area contributed by atoms with Crippen molar-refractivity contribution in [3.63, 3.8) is 0 Å². The van der Waals surface area contributed by atoms with Crippen molar-refractivity contribution in [3.8, 4) is 0 Å². The number of rotatable bonds is 6. The van der Waals surface area contributed by atoms with E-state index >= 15 is 0 Å². The number of amides is 1. The monoisotopic (exact) mass is 399 g/mol. The second-order valence-electron chi connectivity index (χ2n) is 8.50. The Bertz CT molecular complexity index is 850. The summed E-state index contributed by atoms with van der Waals surface area (Å²) in [5.41, 5.74) is 1.80. The first-order valence-corrected chi connectivity index (χ1v) is 10.7. The van der Waals surface area contributed by atoms with E-state index in [-0.39, 0.29) is 11.9 Å². The fraction of sp³-hybridized carbons (Fsp3) is 0.571. The number of nitrogens with one attached hydrogen (secondary N) is 2. The normalized spacial score (nSPS) is 29.8. The van der Waals surface area contributed by atoms with E-state index in [4.69, 9.17) is 11.6 Å². The molecule has 1 amide bonds. The second-order valence-corrected chi connectivity index (χ2v) is 8.94. The van der Waals surface area contributed by atoms with Gasteiger partial charge in [-0.15, -0.1) is 5.10 Å². The lowest BCUT2D eigenvalue weighted by Gasteiger charge is -2.24. The van der Waals surface area contributed by atoms with E-state index in [1.807, 2.05) is 0 Å². The molecule has 5 rings (SSSR count). The van der Waals surface area contributed by atoms with Crippen LogP contribution in [0.25, 0.3) is 0 Å². The molecule has 3 fully saturated rings. The van der Waals surface area contributed by atoms with Crippen LogP contribution in [0.2, 0.25) is 5.02 Å². The van der Waals surface area contributed by atoms with Gasteiger partial charge in [-0.1, -0.05) is 23.7 Å². The van der Waals surface area contributed by atoms with Gasteiger partial charge in [0.05, 0.1) is 11.7 Å². The number of halogens is 1. The molecule has 2 saturated carbocycles. The molecular weight excluding hydrogens is 374 g/mol. The Morgan fingerprint density at radius 1 is 1.29 bits per heavy atom. The third-order valence-corrected chi connectivity index (χ3v) is 7.17. The summed E-state index contributed by atoms with van der Waals surface area (Å²) in [6.07, 6.45) is 5.40. The Morgan fingerprint density at radius 3 is 2.61 bits per heavy atom. The van der Waals surface area contributed by atoms with E-state index in [9.17, 15) is 4.79 Å². The average Bonchev–Trinajstić information content (AvgIpc) is 3.02. The van der Waals surface area contributed by atoms with E-state index in [2.05, 4.69) is 38.7 Å². The number of aromatic nitrogens is 3. The number of hydrogen-bond donors (Lipinski definition) is 2. The molecule has 1 aliphatic heterocycles. The molecule has 2 heterocycles. The molecule has 148 valence electrons. The van der Waals surface area contributed by atoms with Crippen LogP contribution in [0.4, 0.5) is 0 Å². The number of carbonyl (C=O) groups is 1. The molecule has 3 aliphatic rings. The standard InChI is InChI=1S/C21H26ClN5O/c1-2-18(24-21(28)12-3-5-14(22)6-4-12)20-16-7-15(8-17(16)20)27-11-19(25-26-27)13-9-23-10-13/h3-6,11,13,15-18,20,23H,2,7-10H2,1H3,(H,24,28). The van der Waals surface area contributed by atoms with Gasteiger partial charge in [0.15, 0.2) is 0 Å². The maximum atomic E-state index is 12.6. The number of fused-ring (bicyclic) bond motifs is 1. The summed E-state index contributed by atoms with van der Waals surface area (Å²) in [6, 6.07) is 7.80. The zero-order chi connectivity index (χ0) is 19.3. The SMILES string of the molecule is CCC(NC(=O)c1ccc(Cl)cc1)C1C2CC(n3cc(C4CNC4)nn3)CC21. The van der Waals surface area contributed by atoms with Crippen molar-refractivity contribution in [1.29, 1.82) is 0 Å². The van der Waals surface area contributed by atoms with Crippen molar-refractivity contribution in [3.05, 3.63) is 46.7 Å². The second kappa shape index (κ2) is 7.16. The predicted octanol–water partition coefficient (Wildman–Crippen LogP) is 3.02. The lowest BCUT2D eigenvalue weighted by atomic mass is 9.98. The van der Waals surface area contributed by atoms with Gasteiger partial charge in [0.2, 0.25) is 0 Å². The van der Waals surface area contributed by atoms with Gasteiger partial charge >= 0.3 is 0 Å². The summed E-state index contributed by atoms with van der Waals surface area (Å²) in [5, 5.41) is 16.0. The molecule has 0 bridgehead atoms. The number of benzene rings is 1. The van der Waals surface area contributed by atoms with Gasteiger partial charge in [-0.25, -0.2) is 4.68 Å². The third-order valence-electron chi connectivity index (χ3n) is 6.92. The lowest BCUT2D eigenvalue weighted by Crippen LogP contribution is -2.40. The van der Waals surface area contributed by atoms with Crippen LogP contribution in [0.15, 0.2) is 30.5 Å². The van der Waals surface area contributed by atoms with Crippen LogP contribution in [-0.4, -0.2) is 40.0 Å². The van der Waals surface area contributed by atoms with Crippen LogP contribution in [0.5, 0.6) is 0 Å². The van der Waals surface area contributed by atoms with Gasteiger partial charge in [0.25, 0.3) is 5.91 Å². The summed E-state index contributed by atoms with van der Waals surface area (Å²) < 4.78 is 2.09. The molecule has 2 aliphatic carbocycles. The number of hydrogen-bond acceptors (Lipinski definition) is 4. The Hall–Kier alpha value is -1.92. The Labute approximate surface area is 170 Å². The van der Waals surface area contributed by atoms with Crippen LogP contribution < -0.4 is 10.6 Å². The Morgan fingerprint density at radius 2 is 2.00 bits per heavy atom. The summed E-state index contributed by atoms with van der Waals surface area (Å²) >= 11 is 5.92. The topological polar surface area (TPSA) is 71.8 Å². The molecule has 3 unspecified atom stereocenters. The first-order valence-electron chi connectivity index (χ1n) is 10.3. The van der Waals surface area contributed by atoms with Crippen LogP contribution in [0, 0.1) is 17.8 Å². The minimum Gasteiger partial charge on any atom is -0.349 e. The molecule has 6 nitrogen and oxygen atoms in total. The van der Waals surface area contributed by atoms with E-state index in [1.165, 1.54) is 0 Å². The quantitative estimate of drug-likeness (QED) is 0.783. The molecule has 2 N–H and O–H groups in total. The molecule has 0 radical (unpaired) electrons. The molecule has 7 heteroatoms. The van der Waals surface area contributed by atoms with Gasteiger partial charge in [-0.3, -0.25) is 4.79 Å². The number of nitrogens with zero attached hydrogens (tertiary/aromatic N) is 3. The Balaban J connectivity index is 1.18. The summed E-state index contributed by atoms with van der Waals surface area (Å²) in [7, 11) is 0. The van der Waals surface area contributed by atoms with E-state index in [0.29, 0.717) is 40.3 Å². The van der Waals surface area contributed by atoms with Gasteiger partial charge < -0.3 is 10.6 Å². The van der Waals surface area contributed by atoms with Crippen molar-refractivity contribution in [2.45, 2.75) is 44.2 Å². The zero-order valence-electron chi connectivity index (χ0n) is 16.0. The molecule has 0 spiro atoms. The maximum Gasteiger partial charge on any atom is 0.251 e. The minimum absolute atomic E-state index is 0.0000612. The first kappa shape index (κ1) is 18.1. The largest absolute Gasteiger partial charge is 0.349 e. The lowest BCUT2D eigenvalue weighted by molar-refractivity contribution is 0.0926. The molecule has 2 aromatic rings. The van der Waals surface area contributed by atoms with E-state index in [1.54, 1.807) is 24.3 Å². The summed E-state index contributed by atoms with van der Waals surface area (Å²) in [4.78, 5) is 12.6. The van der Waals surface area contributed by atoms with Crippen LogP contribution in [0.3, 0.4) is 0 Å². The van der Waals surface area contributed by atoms with Crippen molar-refractivity contribution in [2.75, 3.05) is 13.1 Å². The van der Waals surface area contributed by atoms with Gasteiger partial charge in [-0.05, 0) is 61.3 Å². The summed E-state index contributed by atoms with van der Waals surface area (Å²) in [6.45, 7) is 4.19. The third kappa shape index (κ3) is 3.22. The highest BCUT2D eigenvalue weighted by atomic mass is 35.5. The molecule has 1 saturated heterocycles. The molecule has 1 aromatic carbocycles. The smallest absolute Gasteiger partial charge is 0.251 e. The molecule has 28 heavy (non-hydrogen) atoms. The van der Waals surface area contributed by atoms with Gasteiger partial charge in [0, 0.05) is 41.8 Å². The fourth-order valence-corrected chi connectivity index (χ4v) is 5.28.